The van der Waals surface area contributed by atoms with Crippen molar-refractivity contribution in [3.8, 4) is 5.75 Å². The van der Waals surface area contributed by atoms with Crippen LogP contribution in [0.2, 0.25) is 0 Å². The second-order valence-electron chi connectivity index (χ2n) is 8.00. The first-order valence-corrected chi connectivity index (χ1v) is 12.5. The second kappa shape index (κ2) is 11.5. The van der Waals surface area contributed by atoms with E-state index in [1.54, 1.807) is 6.07 Å². The van der Waals surface area contributed by atoms with Gasteiger partial charge in [-0.2, -0.15) is 0 Å². The maximum Gasteiger partial charge on any atom is 0.343 e. The molecular formula is C25H36O3P+. The molecule has 0 spiro atoms. The number of hydrogen-bond acceptors (Lipinski definition) is 3. The average Bonchev–Trinajstić information content (AvgIpc) is 2.70. The number of phenols is 1. The summed E-state index contributed by atoms with van der Waals surface area (Å²) >= 11 is 0. The molecule has 0 aliphatic carbocycles. The van der Waals surface area contributed by atoms with E-state index < -0.39 is 13.9 Å². The zero-order chi connectivity index (χ0) is 21.4. The van der Waals surface area contributed by atoms with Crippen molar-refractivity contribution in [3.63, 3.8) is 0 Å². The van der Waals surface area contributed by atoms with E-state index in [0.29, 0.717) is 12.6 Å². The Morgan fingerprint density at radius 2 is 1.76 bits per heavy atom. The first kappa shape index (κ1) is 23.6. The Balaban J connectivity index is 2.24. The summed E-state index contributed by atoms with van der Waals surface area (Å²) in [7, 11) is -1.16. The lowest BCUT2D eigenvalue weighted by atomic mass is 9.91. The van der Waals surface area contributed by atoms with Gasteiger partial charge in [-0.1, -0.05) is 55.5 Å². The molecule has 3 nitrogen and oxygen atoms in total. The number of aryl methyl sites for hydroxylation is 2. The van der Waals surface area contributed by atoms with E-state index in [0.717, 1.165) is 55.0 Å². The number of aliphatic hydroxyl groups excluding tert-OH is 1. The average molecular weight is 416 g/mol. The summed E-state index contributed by atoms with van der Waals surface area (Å²) in [5.74, 6) is 0.260. The van der Waals surface area contributed by atoms with Crippen molar-refractivity contribution in [1.29, 1.82) is 0 Å². The molecule has 0 aliphatic rings. The van der Waals surface area contributed by atoms with E-state index in [4.69, 9.17) is 0 Å². The number of aromatic hydroxyl groups is 1. The van der Waals surface area contributed by atoms with E-state index >= 15 is 0 Å². The summed E-state index contributed by atoms with van der Waals surface area (Å²) in [6, 6.07) is 10.1. The third kappa shape index (κ3) is 6.94. The number of unbranched alkanes of at least 4 members (excludes halogenated alkanes) is 1. The number of phenolic OH excluding ortho intramolecular Hbond substituents is 1. The number of rotatable bonds is 11. The molecule has 0 aromatic heterocycles. The van der Waals surface area contributed by atoms with Crippen molar-refractivity contribution in [2.45, 2.75) is 78.5 Å². The van der Waals surface area contributed by atoms with E-state index in [9.17, 15) is 14.8 Å². The molecule has 2 aromatic carbocycles. The fourth-order valence-corrected chi connectivity index (χ4v) is 4.67. The number of aliphatic hydroxyl groups is 1. The molecular weight excluding hydrogens is 379 g/mol. The van der Waals surface area contributed by atoms with Crippen molar-refractivity contribution in [2.24, 2.45) is 0 Å². The van der Waals surface area contributed by atoms with Gasteiger partial charge in [-0.05, 0) is 67.0 Å². The van der Waals surface area contributed by atoms with Crippen molar-refractivity contribution in [1.82, 2.24) is 0 Å². The monoisotopic (exact) mass is 415 g/mol. The van der Waals surface area contributed by atoms with E-state index in [1.165, 1.54) is 16.7 Å². The van der Waals surface area contributed by atoms with Crippen LogP contribution in [0.15, 0.2) is 30.3 Å². The maximum absolute atomic E-state index is 12.0. The van der Waals surface area contributed by atoms with Crippen LogP contribution in [0, 0.1) is 6.92 Å². The molecule has 2 unspecified atom stereocenters. The lowest BCUT2D eigenvalue weighted by Gasteiger charge is -2.16. The second-order valence-corrected chi connectivity index (χ2v) is 9.91. The smallest absolute Gasteiger partial charge is 0.343 e. The Morgan fingerprint density at radius 1 is 1.03 bits per heavy atom. The summed E-state index contributed by atoms with van der Waals surface area (Å²) in [5.41, 5.74) is 6.97. The molecule has 0 fully saturated rings. The minimum Gasteiger partial charge on any atom is -0.508 e. The van der Waals surface area contributed by atoms with Crippen LogP contribution >= 0.6 is 7.80 Å². The molecule has 158 valence electrons. The molecule has 0 aliphatic heterocycles. The molecule has 0 bridgehead atoms. The first-order valence-electron chi connectivity index (χ1n) is 10.9. The summed E-state index contributed by atoms with van der Waals surface area (Å²) in [6.07, 6.45) is 6.01. The lowest BCUT2D eigenvalue weighted by molar-refractivity contribution is 0.161. The van der Waals surface area contributed by atoms with Crippen molar-refractivity contribution >= 4 is 7.80 Å². The zero-order valence-corrected chi connectivity index (χ0v) is 19.3. The van der Waals surface area contributed by atoms with Crippen LogP contribution in [0.25, 0.3) is 0 Å². The van der Waals surface area contributed by atoms with Crippen LogP contribution in [0.3, 0.4) is 0 Å². The topological polar surface area (TPSA) is 57.5 Å². The Labute approximate surface area is 177 Å². The molecule has 4 heteroatoms. The van der Waals surface area contributed by atoms with Crippen molar-refractivity contribution < 1.29 is 14.8 Å². The first-order chi connectivity index (χ1) is 13.9. The minimum absolute atomic E-state index is 0.260. The van der Waals surface area contributed by atoms with Gasteiger partial charge >= 0.3 is 7.80 Å². The van der Waals surface area contributed by atoms with Gasteiger partial charge < -0.3 is 10.2 Å². The highest BCUT2D eigenvalue weighted by atomic mass is 31.1. The summed E-state index contributed by atoms with van der Waals surface area (Å²) in [4.78, 5) is 0. The van der Waals surface area contributed by atoms with Gasteiger partial charge in [-0.15, -0.1) is 0 Å². The molecule has 0 radical (unpaired) electrons. The van der Waals surface area contributed by atoms with Gasteiger partial charge in [0, 0.05) is 12.0 Å². The Morgan fingerprint density at radius 3 is 2.41 bits per heavy atom. The molecule has 0 saturated heterocycles. The summed E-state index contributed by atoms with van der Waals surface area (Å²) in [6.45, 7) is 8.38. The quantitative estimate of drug-likeness (QED) is 0.424. The van der Waals surface area contributed by atoms with Crippen LogP contribution in [-0.4, -0.2) is 22.5 Å². The van der Waals surface area contributed by atoms with Gasteiger partial charge in [0.25, 0.3) is 0 Å². The van der Waals surface area contributed by atoms with Gasteiger partial charge in [0.1, 0.15) is 11.9 Å². The molecule has 2 rings (SSSR count). The van der Waals surface area contributed by atoms with Crippen LogP contribution in [-0.2, 0) is 30.0 Å². The SMILES string of the molecule is CCCCC(O)Cc1cc(Cc2c(C)cc(C[P+](=O)CC)cc2CC)ccc1O. The maximum atomic E-state index is 12.0. The largest absolute Gasteiger partial charge is 0.508 e. The highest BCUT2D eigenvalue weighted by molar-refractivity contribution is 7.43. The summed E-state index contributed by atoms with van der Waals surface area (Å²) < 4.78 is 12.0. The van der Waals surface area contributed by atoms with Gasteiger partial charge in [0.2, 0.25) is 0 Å². The van der Waals surface area contributed by atoms with Gasteiger partial charge in [0.15, 0.2) is 6.16 Å². The number of benzene rings is 2. The highest BCUT2D eigenvalue weighted by Crippen LogP contribution is 2.30. The predicted molar refractivity (Wildman–Crippen MR) is 123 cm³/mol. The Bertz CT molecular complexity index is 829. The van der Waals surface area contributed by atoms with E-state index in [1.807, 2.05) is 19.1 Å². The Hall–Kier alpha value is -1.70. The zero-order valence-electron chi connectivity index (χ0n) is 18.4. The van der Waals surface area contributed by atoms with Crippen LogP contribution in [0.5, 0.6) is 5.75 Å². The molecule has 29 heavy (non-hydrogen) atoms. The van der Waals surface area contributed by atoms with Crippen molar-refractivity contribution in [2.75, 3.05) is 6.16 Å². The molecule has 0 saturated carbocycles. The number of hydrogen-bond donors (Lipinski definition) is 2. The minimum atomic E-state index is -1.16. The lowest BCUT2D eigenvalue weighted by Crippen LogP contribution is -2.10. The third-order valence-electron chi connectivity index (χ3n) is 5.59. The van der Waals surface area contributed by atoms with Crippen LogP contribution < -0.4 is 0 Å². The molecule has 0 heterocycles. The Kier molecular flexibility index (Phi) is 9.33. The summed E-state index contributed by atoms with van der Waals surface area (Å²) in [5, 5.41) is 20.5. The molecule has 2 aromatic rings. The van der Waals surface area contributed by atoms with E-state index in [-0.39, 0.29) is 5.75 Å². The fourth-order valence-electron chi connectivity index (χ4n) is 3.86. The van der Waals surface area contributed by atoms with Crippen LogP contribution in [0.1, 0.15) is 73.4 Å². The standard InChI is InChI=1S/C25H35O3P/c1-5-8-9-23(26)16-22-13-19(10-11-25(22)27)15-24-18(4)12-20(14-21(24)6-2)17-29(28)7-3/h10-14,23,26H,5-9,15-17H2,1-4H3/p+1. The predicted octanol–water partition coefficient (Wildman–Crippen LogP) is 6.29. The molecule has 2 atom stereocenters. The van der Waals surface area contributed by atoms with Gasteiger partial charge in [-0.25, -0.2) is 0 Å². The molecule has 2 N–H and O–H groups in total. The third-order valence-corrected chi connectivity index (χ3v) is 7.01. The van der Waals surface area contributed by atoms with Gasteiger partial charge in [-0.3, -0.25) is 0 Å². The molecule has 0 amide bonds. The fraction of sp³-hybridized carbons (Fsp3) is 0.520. The van der Waals surface area contributed by atoms with Crippen LogP contribution in [0.4, 0.5) is 0 Å². The van der Waals surface area contributed by atoms with Crippen molar-refractivity contribution in [3.05, 3.63) is 63.7 Å². The highest BCUT2D eigenvalue weighted by Gasteiger charge is 2.16. The van der Waals surface area contributed by atoms with Gasteiger partial charge in [0.05, 0.1) is 6.10 Å². The van der Waals surface area contributed by atoms with E-state index in [2.05, 4.69) is 32.9 Å². The normalized spacial score (nSPS) is 12.8.